The lowest BCUT2D eigenvalue weighted by Gasteiger charge is -2.15. The molecule has 0 radical (unpaired) electrons. The summed E-state index contributed by atoms with van der Waals surface area (Å²) in [7, 11) is 0. The number of carbonyl (C=O) groups excluding carboxylic acids is 1. The standard InChI is InChI=1S/C15H21FN2OS.ClH/c1-20-14-6-5-12(16)7-11(14)9-18-15(19)8-10-3-2-4-13(10)17;/h5-7,10,13H,2-4,8-9,17H2,1H3,(H,18,19);1H/t10-,13+;/m0./s1. The molecule has 0 unspecified atom stereocenters. The minimum atomic E-state index is -0.273. The molecule has 0 bridgehead atoms. The molecule has 0 heterocycles. The van der Waals surface area contributed by atoms with Crippen molar-refractivity contribution in [2.75, 3.05) is 6.26 Å². The molecule has 1 aliphatic rings. The highest BCUT2D eigenvalue weighted by molar-refractivity contribution is 7.98. The van der Waals surface area contributed by atoms with Crippen LogP contribution < -0.4 is 11.1 Å². The monoisotopic (exact) mass is 332 g/mol. The van der Waals surface area contributed by atoms with Gasteiger partial charge in [0.25, 0.3) is 0 Å². The summed E-state index contributed by atoms with van der Waals surface area (Å²) in [5, 5.41) is 2.87. The molecular formula is C15H22ClFN2OS. The minimum Gasteiger partial charge on any atom is -0.352 e. The van der Waals surface area contributed by atoms with E-state index in [1.807, 2.05) is 6.26 Å². The number of benzene rings is 1. The molecule has 2 atom stereocenters. The first kappa shape index (κ1) is 18.3. The van der Waals surface area contributed by atoms with Gasteiger partial charge < -0.3 is 11.1 Å². The van der Waals surface area contributed by atoms with Gasteiger partial charge in [0.1, 0.15) is 5.82 Å². The molecule has 3 N–H and O–H groups in total. The Bertz CT molecular complexity index is 487. The fraction of sp³-hybridized carbons (Fsp3) is 0.533. The van der Waals surface area contributed by atoms with Crippen molar-refractivity contribution in [1.29, 1.82) is 0 Å². The van der Waals surface area contributed by atoms with Crippen molar-refractivity contribution < 1.29 is 9.18 Å². The van der Waals surface area contributed by atoms with Gasteiger partial charge >= 0.3 is 0 Å². The second-order valence-electron chi connectivity index (χ2n) is 5.29. The lowest BCUT2D eigenvalue weighted by atomic mass is 10.00. The van der Waals surface area contributed by atoms with Gasteiger partial charge in [-0.25, -0.2) is 4.39 Å². The summed E-state index contributed by atoms with van der Waals surface area (Å²) >= 11 is 1.55. The molecule has 0 aliphatic heterocycles. The molecule has 6 heteroatoms. The quantitative estimate of drug-likeness (QED) is 0.815. The van der Waals surface area contributed by atoms with E-state index < -0.39 is 0 Å². The van der Waals surface area contributed by atoms with Crippen molar-refractivity contribution >= 4 is 30.1 Å². The largest absolute Gasteiger partial charge is 0.352 e. The highest BCUT2D eigenvalue weighted by Crippen LogP contribution is 2.27. The van der Waals surface area contributed by atoms with Crippen LogP contribution in [0.15, 0.2) is 23.1 Å². The molecule has 1 saturated carbocycles. The summed E-state index contributed by atoms with van der Waals surface area (Å²) in [6.45, 7) is 0.370. The average molecular weight is 333 g/mol. The number of hydrogen-bond donors (Lipinski definition) is 2. The number of halogens is 2. The van der Waals surface area contributed by atoms with E-state index in [9.17, 15) is 9.18 Å². The molecule has 1 aromatic rings. The van der Waals surface area contributed by atoms with E-state index in [4.69, 9.17) is 5.73 Å². The molecule has 1 aliphatic carbocycles. The van der Waals surface area contributed by atoms with E-state index in [0.717, 1.165) is 29.7 Å². The Hall–Kier alpha value is -0.780. The van der Waals surface area contributed by atoms with Gasteiger partial charge in [0.2, 0.25) is 5.91 Å². The lowest BCUT2D eigenvalue weighted by molar-refractivity contribution is -0.122. The van der Waals surface area contributed by atoms with Gasteiger partial charge in [-0.3, -0.25) is 4.79 Å². The normalized spacial score (nSPS) is 20.9. The molecule has 1 aromatic carbocycles. The second kappa shape index (κ2) is 8.61. The summed E-state index contributed by atoms with van der Waals surface area (Å²) in [5.41, 5.74) is 6.79. The Morgan fingerprint density at radius 1 is 1.48 bits per heavy atom. The smallest absolute Gasteiger partial charge is 0.220 e. The predicted molar refractivity (Wildman–Crippen MR) is 87.2 cm³/mol. The third kappa shape index (κ3) is 5.16. The molecule has 3 nitrogen and oxygen atoms in total. The van der Waals surface area contributed by atoms with Crippen LogP contribution in [0, 0.1) is 11.7 Å². The van der Waals surface area contributed by atoms with Crippen LogP contribution in [0.4, 0.5) is 4.39 Å². The number of amides is 1. The van der Waals surface area contributed by atoms with Crippen LogP contribution in [0.2, 0.25) is 0 Å². The fourth-order valence-electron chi connectivity index (χ4n) is 2.71. The minimum absolute atomic E-state index is 0. The summed E-state index contributed by atoms with van der Waals surface area (Å²) in [5.74, 6) is 0.0241. The van der Waals surface area contributed by atoms with E-state index in [-0.39, 0.29) is 30.2 Å². The number of nitrogens with two attached hydrogens (primary N) is 1. The van der Waals surface area contributed by atoms with Crippen LogP contribution in [0.1, 0.15) is 31.2 Å². The average Bonchev–Trinajstić information content (AvgIpc) is 2.82. The first-order valence-corrected chi connectivity index (χ1v) is 8.17. The van der Waals surface area contributed by atoms with E-state index in [1.165, 1.54) is 12.1 Å². The predicted octanol–water partition coefficient (Wildman–Crippen LogP) is 3.10. The number of rotatable bonds is 5. The molecule has 0 aromatic heterocycles. The molecule has 2 rings (SSSR count). The summed E-state index contributed by atoms with van der Waals surface area (Å²) < 4.78 is 13.2. The zero-order chi connectivity index (χ0) is 14.5. The van der Waals surface area contributed by atoms with Gasteiger partial charge in [-0.2, -0.15) is 0 Å². The van der Waals surface area contributed by atoms with Gasteiger partial charge in [0, 0.05) is 23.9 Å². The zero-order valence-corrected chi connectivity index (χ0v) is 13.7. The van der Waals surface area contributed by atoms with Crippen LogP contribution in [0.25, 0.3) is 0 Å². The molecule has 0 spiro atoms. The van der Waals surface area contributed by atoms with Crippen LogP contribution in [0.5, 0.6) is 0 Å². The van der Waals surface area contributed by atoms with Crippen molar-refractivity contribution in [2.24, 2.45) is 11.7 Å². The number of nitrogens with one attached hydrogen (secondary N) is 1. The van der Waals surface area contributed by atoms with Crippen molar-refractivity contribution in [1.82, 2.24) is 5.32 Å². The molecule has 21 heavy (non-hydrogen) atoms. The SMILES string of the molecule is CSc1ccc(F)cc1CNC(=O)C[C@@H]1CCC[C@H]1N.Cl. The van der Waals surface area contributed by atoms with Crippen LogP contribution in [0.3, 0.4) is 0 Å². The lowest BCUT2D eigenvalue weighted by Crippen LogP contribution is -2.31. The first-order valence-electron chi connectivity index (χ1n) is 6.95. The van der Waals surface area contributed by atoms with E-state index in [0.29, 0.717) is 18.9 Å². The Morgan fingerprint density at radius 2 is 2.24 bits per heavy atom. The van der Waals surface area contributed by atoms with Crippen LogP contribution in [-0.4, -0.2) is 18.2 Å². The first-order chi connectivity index (χ1) is 9.60. The van der Waals surface area contributed by atoms with Crippen molar-refractivity contribution in [3.8, 4) is 0 Å². The maximum absolute atomic E-state index is 13.2. The van der Waals surface area contributed by atoms with Gasteiger partial charge in [-0.1, -0.05) is 6.42 Å². The van der Waals surface area contributed by atoms with Gasteiger partial charge in [-0.05, 0) is 48.8 Å². The van der Waals surface area contributed by atoms with Gasteiger partial charge in [0.15, 0.2) is 0 Å². The number of hydrogen-bond acceptors (Lipinski definition) is 3. The topological polar surface area (TPSA) is 55.1 Å². The number of carbonyl (C=O) groups is 1. The van der Waals surface area contributed by atoms with Crippen molar-refractivity contribution in [3.63, 3.8) is 0 Å². The van der Waals surface area contributed by atoms with E-state index in [1.54, 1.807) is 17.8 Å². The van der Waals surface area contributed by atoms with Gasteiger partial charge in [-0.15, -0.1) is 24.2 Å². The molecule has 0 saturated heterocycles. The Morgan fingerprint density at radius 3 is 2.86 bits per heavy atom. The maximum Gasteiger partial charge on any atom is 0.220 e. The van der Waals surface area contributed by atoms with E-state index in [2.05, 4.69) is 5.32 Å². The Balaban J connectivity index is 0.00000220. The third-order valence-corrected chi connectivity index (χ3v) is 4.72. The van der Waals surface area contributed by atoms with Crippen molar-refractivity contribution in [3.05, 3.63) is 29.6 Å². The summed E-state index contributed by atoms with van der Waals surface area (Å²) in [6, 6.07) is 4.81. The highest BCUT2D eigenvalue weighted by atomic mass is 35.5. The fourth-order valence-corrected chi connectivity index (χ4v) is 3.31. The van der Waals surface area contributed by atoms with Crippen LogP contribution in [-0.2, 0) is 11.3 Å². The number of thioether (sulfide) groups is 1. The summed E-state index contributed by atoms with van der Waals surface area (Å²) in [4.78, 5) is 12.9. The third-order valence-electron chi connectivity index (χ3n) is 3.88. The maximum atomic E-state index is 13.2. The Labute approximate surface area is 135 Å². The second-order valence-corrected chi connectivity index (χ2v) is 6.14. The molecular weight excluding hydrogens is 311 g/mol. The van der Waals surface area contributed by atoms with Gasteiger partial charge in [0.05, 0.1) is 0 Å². The Kier molecular flexibility index (Phi) is 7.49. The zero-order valence-electron chi connectivity index (χ0n) is 12.1. The van der Waals surface area contributed by atoms with E-state index >= 15 is 0 Å². The molecule has 1 fully saturated rings. The van der Waals surface area contributed by atoms with Crippen LogP contribution >= 0.6 is 24.2 Å². The summed E-state index contributed by atoms with van der Waals surface area (Å²) in [6.07, 6.45) is 5.57. The molecule has 1 amide bonds. The highest BCUT2D eigenvalue weighted by Gasteiger charge is 2.25. The molecule has 118 valence electrons. The van der Waals surface area contributed by atoms with Crippen molar-refractivity contribution in [2.45, 2.75) is 43.2 Å².